The van der Waals surface area contributed by atoms with Gasteiger partial charge in [0.1, 0.15) is 11.3 Å². The average molecular weight is 181 g/mol. The lowest BCUT2D eigenvalue weighted by Gasteiger charge is -2.07. The third-order valence-corrected chi connectivity index (χ3v) is 1.76. The first-order valence-electron chi connectivity index (χ1n) is 3.95. The van der Waals surface area contributed by atoms with Crippen LogP contribution in [0, 0.1) is 0 Å². The summed E-state index contributed by atoms with van der Waals surface area (Å²) in [6.07, 6.45) is 2.13. The number of nitrogens with zero attached hydrogens (tertiary/aromatic N) is 1. The first kappa shape index (κ1) is 9.51. The van der Waals surface area contributed by atoms with E-state index in [-0.39, 0.29) is 5.56 Å². The van der Waals surface area contributed by atoms with Crippen LogP contribution < -0.4 is 4.74 Å². The van der Waals surface area contributed by atoms with Gasteiger partial charge in [-0.05, 0) is 12.5 Å². The molecule has 0 amide bonds. The Morgan fingerprint density at radius 2 is 2.38 bits per heavy atom. The Morgan fingerprint density at radius 3 is 2.85 bits per heavy atom. The van der Waals surface area contributed by atoms with Gasteiger partial charge in [0.15, 0.2) is 0 Å². The maximum Gasteiger partial charge on any atom is 0.341 e. The third-order valence-electron chi connectivity index (χ3n) is 1.76. The molecule has 1 N–H and O–H groups in total. The van der Waals surface area contributed by atoms with Crippen molar-refractivity contribution < 1.29 is 14.6 Å². The fraction of sp³-hybridized carbons (Fsp3) is 0.333. The molecule has 0 radical (unpaired) electrons. The summed E-state index contributed by atoms with van der Waals surface area (Å²) in [5, 5.41) is 8.89. The molecule has 1 aromatic rings. The summed E-state index contributed by atoms with van der Waals surface area (Å²) < 4.78 is 4.93. The average Bonchev–Trinajstić information content (AvgIpc) is 2.16. The lowest BCUT2D eigenvalue weighted by Crippen LogP contribution is -2.06. The molecule has 0 spiro atoms. The highest BCUT2D eigenvalue weighted by Crippen LogP contribution is 2.20. The normalized spacial score (nSPS) is 9.69. The zero-order valence-electron chi connectivity index (χ0n) is 7.57. The summed E-state index contributed by atoms with van der Waals surface area (Å²) in [5.41, 5.74) is 0.708. The van der Waals surface area contributed by atoms with Gasteiger partial charge in [0.25, 0.3) is 0 Å². The van der Waals surface area contributed by atoms with Gasteiger partial charge in [-0.2, -0.15) is 0 Å². The van der Waals surface area contributed by atoms with Gasteiger partial charge in [-0.25, -0.2) is 4.79 Å². The second-order valence-corrected chi connectivity index (χ2v) is 2.49. The van der Waals surface area contributed by atoms with Crippen molar-refractivity contribution in [3.8, 4) is 5.75 Å². The molecule has 0 aliphatic carbocycles. The zero-order chi connectivity index (χ0) is 9.84. The van der Waals surface area contributed by atoms with E-state index in [4.69, 9.17) is 9.84 Å². The molecule has 0 aromatic carbocycles. The van der Waals surface area contributed by atoms with Crippen LogP contribution in [0.1, 0.15) is 23.0 Å². The van der Waals surface area contributed by atoms with Crippen LogP contribution in [0.3, 0.4) is 0 Å². The van der Waals surface area contributed by atoms with Crippen LogP contribution in [0.2, 0.25) is 0 Å². The minimum absolute atomic E-state index is 0.160. The molecular formula is C9H11NO3. The van der Waals surface area contributed by atoms with Crippen molar-refractivity contribution in [2.24, 2.45) is 0 Å². The molecule has 0 unspecified atom stereocenters. The van der Waals surface area contributed by atoms with Gasteiger partial charge in [0.05, 0.1) is 12.8 Å². The predicted octanol–water partition coefficient (Wildman–Crippen LogP) is 1.35. The number of pyridine rings is 1. The first-order chi connectivity index (χ1) is 6.20. The fourth-order valence-corrected chi connectivity index (χ4v) is 1.15. The van der Waals surface area contributed by atoms with Crippen LogP contribution in [-0.2, 0) is 6.42 Å². The molecule has 1 aromatic heterocycles. The molecule has 0 aliphatic rings. The number of hydrogen-bond acceptors (Lipinski definition) is 3. The number of ether oxygens (including phenoxy) is 1. The molecule has 0 fully saturated rings. The first-order valence-corrected chi connectivity index (χ1v) is 3.95. The Kier molecular flexibility index (Phi) is 2.84. The number of aromatic carboxylic acids is 1. The number of carbonyl (C=O) groups is 1. The molecule has 70 valence electrons. The molecule has 1 heterocycles. The van der Waals surface area contributed by atoms with E-state index in [1.54, 1.807) is 12.3 Å². The topological polar surface area (TPSA) is 59.4 Å². The minimum atomic E-state index is -0.998. The van der Waals surface area contributed by atoms with Gasteiger partial charge in [-0.15, -0.1) is 0 Å². The van der Waals surface area contributed by atoms with E-state index in [0.29, 0.717) is 17.9 Å². The fourth-order valence-electron chi connectivity index (χ4n) is 1.15. The highest BCUT2D eigenvalue weighted by molar-refractivity contribution is 5.92. The summed E-state index contributed by atoms with van der Waals surface area (Å²) in [5.74, 6) is -0.638. The smallest absolute Gasteiger partial charge is 0.341 e. The third kappa shape index (κ3) is 1.77. The predicted molar refractivity (Wildman–Crippen MR) is 47.1 cm³/mol. The molecule has 0 saturated heterocycles. The van der Waals surface area contributed by atoms with Gasteiger partial charge in [0.2, 0.25) is 0 Å². The quantitative estimate of drug-likeness (QED) is 0.764. The zero-order valence-corrected chi connectivity index (χ0v) is 7.57. The summed E-state index contributed by atoms with van der Waals surface area (Å²) >= 11 is 0. The standard InChI is InChI=1S/C9H11NO3/c1-3-6-8(9(11)12)7(13-2)4-5-10-6/h4-5H,3H2,1-2H3,(H,11,12). The highest BCUT2D eigenvalue weighted by Gasteiger charge is 2.15. The Balaban J connectivity index is 3.29. The van der Waals surface area contributed by atoms with Crippen LogP contribution in [0.5, 0.6) is 5.75 Å². The number of carboxylic acids is 1. The van der Waals surface area contributed by atoms with Crippen molar-refractivity contribution >= 4 is 5.97 Å². The Bertz CT molecular complexity index is 300. The van der Waals surface area contributed by atoms with Gasteiger partial charge in [0, 0.05) is 6.20 Å². The summed E-state index contributed by atoms with van der Waals surface area (Å²) in [6, 6.07) is 1.54. The van der Waals surface area contributed by atoms with E-state index >= 15 is 0 Å². The summed E-state index contributed by atoms with van der Waals surface area (Å²) in [4.78, 5) is 14.8. The van der Waals surface area contributed by atoms with E-state index in [2.05, 4.69) is 4.98 Å². The number of rotatable bonds is 3. The number of methoxy groups -OCH3 is 1. The summed E-state index contributed by atoms with van der Waals surface area (Å²) in [6.45, 7) is 1.86. The Hall–Kier alpha value is -1.58. The van der Waals surface area contributed by atoms with Crippen LogP contribution in [0.4, 0.5) is 0 Å². The Morgan fingerprint density at radius 1 is 1.69 bits per heavy atom. The van der Waals surface area contributed by atoms with E-state index < -0.39 is 5.97 Å². The Labute approximate surface area is 76.2 Å². The molecule has 13 heavy (non-hydrogen) atoms. The highest BCUT2D eigenvalue weighted by atomic mass is 16.5. The van der Waals surface area contributed by atoms with Gasteiger partial charge in [-0.3, -0.25) is 4.98 Å². The second-order valence-electron chi connectivity index (χ2n) is 2.49. The van der Waals surface area contributed by atoms with Crippen molar-refractivity contribution in [1.29, 1.82) is 0 Å². The van der Waals surface area contributed by atoms with Crippen molar-refractivity contribution in [3.63, 3.8) is 0 Å². The van der Waals surface area contributed by atoms with Gasteiger partial charge >= 0.3 is 5.97 Å². The lowest BCUT2D eigenvalue weighted by molar-refractivity contribution is 0.0691. The van der Waals surface area contributed by atoms with Crippen molar-refractivity contribution in [1.82, 2.24) is 4.98 Å². The van der Waals surface area contributed by atoms with Crippen LogP contribution in [-0.4, -0.2) is 23.2 Å². The molecule has 0 atom stereocenters. The van der Waals surface area contributed by atoms with Crippen LogP contribution in [0.25, 0.3) is 0 Å². The van der Waals surface area contributed by atoms with Gasteiger partial charge in [-0.1, -0.05) is 6.92 Å². The molecule has 0 bridgehead atoms. The van der Waals surface area contributed by atoms with Crippen molar-refractivity contribution in [3.05, 3.63) is 23.5 Å². The molecule has 1 rings (SSSR count). The molecular weight excluding hydrogens is 170 g/mol. The van der Waals surface area contributed by atoms with E-state index in [1.807, 2.05) is 6.92 Å². The molecule has 4 heteroatoms. The van der Waals surface area contributed by atoms with Crippen molar-refractivity contribution in [2.45, 2.75) is 13.3 Å². The number of aromatic nitrogens is 1. The van der Waals surface area contributed by atoms with E-state index in [9.17, 15) is 4.79 Å². The van der Waals surface area contributed by atoms with Crippen molar-refractivity contribution in [2.75, 3.05) is 7.11 Å². The lowest BCUT2D eigenvalue weighted by atomic mass is 10.1. The van der Waals surface area contributed by atoms with E-state index in [0.717, 1.165) is 0 Å². The van der Waals surface area contributed by atoms with Crippen LogP contribution >= 0.6 is 0 Å². The maximum atomic E-state index is 10.8. The monoisotopic (exact) mass is 181 g/mol. The number of aryl methyl sites for hydroxylation is 1. The molecule has 0 aliphatic heterocycles. The minimum Gasteiger partial charge on any atom is -0.496 e. The number of hydrogen-bond donors (Lipinski definition) is 1. The second kappa shape index (κ2) is 3.89. The molecule has 0 saturated carbocycles. The maximum absolute atomic E-state index is 10.8. The largest absolute Gasteiger partial charge is 0.496 e. The van der Waals surface area contributed by atoms with Gasteiger partial charge < -0.3 is 9.84 Å². The summed E-state index contributed by atoms with van der Waals surface area (Å²) in [7, 11) is 1.45. The number of carboxylic acid groups (broad SMARTS) is 1. The van der Waals surface area contributed by atoms with E-state index in [1.165, 1.54) is 7.11 Å². The van der Waals surface area contributed by atoms with Crippen LogP contribution in [0.15, 0.2) is 12.3 Å². The molecule has 4 nitrogen and oxygen atoms in total. The SMILES string of the molecule is CCc1nccc(OC)c1C(=O)O.